The van der Waals surface area contributed by atoms with E-state index in [2.05, 4.69) is 5.32 Å². The van der Waals surface area contributed by atoms with E-state index in [1.54, 1.807) is 7.11 Å². The number of carbonyl (C=O) groups excluding carboxylic acids is 1. The van der Waals surface area contributed by atoms with Crippen LogP contribution in [0.2, 0.25) is 0 Å². The van der Waals surface area contributed by atoms with Crippen LogP contribution in [0, 0.1) is 5.92 Å². The highest BCUT2D eigenvalue weighted by Gasteiger charge is 2.21. The summed E-state index contributed by atoms with van der Waals surface area (Å²) in [6.45, 7) is 4.10. The second kappa shape index (κ2) is 9.39. The van der Waals surface area contributed by atoms with Gasteiger partial charge in [0.05, 0.1) is 25.7 Å². The van der Waals surface area contributed by atoms with E-state index in [1.807, 2.05) is 0 Å². The Labute approximate surface area is 103 Å². The molecular formula is C12H23NO4. The molecule has 1 aliphatic heterocycles. The van der Waals surface area contributed by atoms with E-state index >= 15 is 0 Å². The first kappa shape index (κ1) is 14.4. The highest BCUT2D eigenvalue weighted by atomic mass is 16.5. The van der Waals surface area contributed by atoms with Crippen molar-refractivity contribution in [3.05, 3.63) is 0 Å². The van der Waals surface area contributed by atoms with E-state index in [9.17, 15) is 4.79 Å². The fraction of sp³-hybridized carbons (Fsp3) is 0.917. The third kappa shape index (κ3) is 6.61. The Bertz CT molecular complexity index is 205. The molecule has 0 aromatic carbocycles. The zero-order valence-corrected chi connectivity index (χ0v) is 10.6. The number of nitrogens with one attached hydrogen (secondary N) is 1. The molecule has 0 saturated carbocycles. The fourth-order valence-corrected chi connectivity index (χ4v) is 1.75. The minimum Gasteiger partial charge on any atom is -0.465 e. The van der Waals surface area contributed by atoms with E-state index in [0.29, 0.717) is 26.4 Å². The molecule has 0 bridgehead atoms. The number of piperidine rings is 1. The van der Waals surface area contributed by atoms with Crippen molar-refractivity contribution >= 4 is 5.97 Å². The van der Waals surface area contributed by atoms with Gasteiger partial charge < -0.3 is 19.5 Å². The lowest BCUT2D eigenvalue weighted by molar-refractivity contribution is -0.149. The molecule has 5 nitrogen and oxygen atoms in total. The number of hydrogen-bond donors (Lipinski definition) is 1. The predicted octanol–water partition coefficient (Wildman–Crippen LogP) is 0.582. The van der Waals surface area contributed by atoms with Crippen LogP contribution in [0.15, 0.2) is 0 Å². The lowest BCUT2D eigenvalue weighted by Crippen LogP contribution is -2.32. The lowest BCUT2D eigenvalue weighted by Gasteiger charge is -2.20. The molecule has 0 aliphatic carbocycles. The molecule has 0 spiro atoms. The second-order valence-electron chi connectivity index (χ2n) is 4.15. The summed E-state index contributed by atoms with van der Waals surface area (Å²) >= 11 is 0. The number of hydrogen-bond acceptors (Lipinski definition) is 5. The first-order chi connectivity index (χ1) is 8.34. The van der Waals surface area contributed by atoms with E-state index in [1.165, 1.54) is 0 Å². The number of carbonyl (C=O) groups is 1. The van der Waals surface area contributed by atoms with Gasteiger partial charge in [-0.15, -0.1) is 0 Å². The SMILES string of the molecule is COCCOCCCOC(=O)C1CCNCC1. The molecular weight excluding hydrogens is 222 g/mol. The Hall–Kier alpha value is -0.650. The van der Waals surface area contributed by atoms with Gasteiger partial charge in [0.2, 0.25) is 0 Å². The molecule has 5 heteroatoms. The van der Waals surface area contributed by atoms with Crippen LogP contribution in [0.1, 0.15) is 19.3 Å². The number of ether oxygens (including phenoxy) is 3. The standard InChI is InChI=1S/C12H23NO4/c1-15-9-10-16-7-2-8-17-12(14)11-3-5-13-6-4-11/h11,13H,2-10H2,1H3. The molecule has 1 N–H and O–H groups in total. The maximum atomic E-state index is 11.6. The van der Waals surface area contributed by atoms with Gasteiger partial charge in [-0.05, 0) is 25.9 Å². The van der Waals surface area contributed by atoms with Gasteiger partial charge in [0, 0.05) is 20.1 Å². The normalized spacial score (nSPS) is 17.0. The molecule has 100 valence electrons. The van der Waals surface area contributed by atoms with Gasteiger partial charge in [0.15, 0.2) is 0 Å². The van der Waals surface area contributed by atoms with Crippen molar-refractivity contribution in [2.45, 2.75) is 19.3 Å². The average Bonchev–Trinajstić information content (AvgIpc) is 2.38. The van der Waals surface area contributed by atoms with Crippen LogP contribution in [0.3, 0.4) is 0 Å². The van der Waals surface area contributed by atoms with Crippen LogP contribution in [-0.2, 0) is 19.0 Å². The van der Waals surface area contributed by atoms with Gasteiger partial charge in [-0.2, -0.15) is 0 Å². The summed E-state index contributed by atoms with van der Waals surface area (Å²) in [4.78, 5) is 11.6. The Morgan fingerprint density at radius 1 is 1.18 bits per heavy atom. The molecule has 1 rings (SSSR count). The second-order valence-corrected chi connectivity index (χ2v) is 4.15. The molecule has 17 heavy (non-hydrogen) atoms. The molecule has 0 unspecified atom stereocenters. The van der Waals surface area contributed by atoms with Crippen LogP contribution in [0.5, 0.6) is 0 Å². The molecule has 0 aromatic heterocycles. The quantitative estimate of drug-likeness (QED) is 0.501. The summed E-state index contributed by atoms with van der Waals surface area (Å²) in [5.41, 5.74) is 0. The third-order valence-corrected chi connectivity index (χ3v) is 2.78. The lowest BCUT2D eigenvalue weighted by atomic mass is 9.99. The Kier molecular flexibility index (Phi) is 7.96. The van der Waals surface area contributed by atoms with Gasteiger partial charge >= 0.3 is 5.97 Å². The number of rotatable bonds is 8. The molecule has 0 aromatic rings. The molecule has 0 radical (unpaired) electrons. The molecule has 1 saturated heterocycles. The summed E-state index contributed by atoms with van der Waals surface area (Å²) < 4.78 is 15.3. The van der Waals surface area contributed by atoms with E-state index in [-0.39, 0.29) is 11.9 Å². The Morgan fingerprint density at radius 3 is 2.65 bits per heavy atom. The van der Waals surface area contributed by atoms with Gasteiger partial charge in [0.1, 0.15) is 0 Å². The van der Waals surface area contributed by atoms with Crippen molar-refractivity contribution < 1.29 is 19.0 Å². The van der Waals surface area contributed by atoms with Crippen molar-refractivity contribution in [1.29, 1.82) is 0 Å². The summed E-state index contributed by atoms with van der Waals surface area (Å²) in [7, 11) is 1.64. The molecule has 1 aliphatic rings. The topological polar surface area (TPSA) is 56.8 Å². The smallest absolute Gasteiger partial charge is 0.309 e. The predicted molar refractivity (Wildman–Crippen MR) is 63.9 cm³/mol. The van der Waals surface area contributed by atoms with Gasteiger partial charge in [-0.25, -0.2) is 0 Å². The first-order valence-corrected chi connectivity index (χ1v) is 6.28. The molecule has 0 amide bonds. The van der Waals surface area contributed by atoms with Crippen LogP contribution in [-0.4, -0.2) is 52.6 Å². The maximum Gasteiger partial charge on any atom is 0.309 e. The highest BCUT2D eigenvalue weighted by Crippen LogP contribution is 2.13. The van der Waals surface area contributed by atoms with Crippen LogP contribution in [0.25, 0.3) is 0 Å². The van der Waals surface area contributed by atoms with Crippen molar-refractivity contribution in [3.8, 4) is 0 Å². The minimum atomic E-state index is -0.0524. The zero-order chi connectivity index (χ0) is 12.3. The summed E-state index contributed by atoms with van der Waals surface area (Å²) in [6, 6.07) is 0. The highest BCUT2D eigenvalue weighted by molar-refractivity contribution is 5.72. The van der Waals surface area contributed by atoms with E-state index < -0.39 is 0 Å². The first-order valence-electron chi connectivity index (χ1n) is 6.28. The Balaban J connectivity index is 1.92. The monoisotopic (exact) mass is 245 g/mol. The molecule has 1 fully saturated rings. The fourth-order valence-electron chi connectivity index (χ4n) is 1.75. The Morgan fingerprint density at radius 2 is 1.94 bits per heavy atom. The van der Waals surface area contributed by atoms with Crippen molar-refractivity contribution in [1.82, 2.24) is 5.32 Å². The molecule has 1 heterocycles. The van der Waals surface area contributed by atoms with Crippen molar-refractivity contribution in [2.75, 3.05) is 46.6 Å². The number of methoxy groups -OCH3 is 1. The summed E-state index contributed by atoms with van der Waals surface area (Å²) in [6.07, 6.45) is 2.53. The third-order valence-electron chi connectivity index (χ3n) is 2.78. The van der Waals surface area contributed by atoms with E-state index in [4.69, 9.17) is 14.2 Å². The number of esters is 1. The van der Waals surface area contributed by atoms with E-state index in [0.717, 1.165) is 32.4 Å². The molecule has 0 atom stereocenters. The van der Waals surface area contributed by atoms with Crippen molar-refractivity contribution in [2.24, 2.45) is 5.92 Å². The zero-order valence-electron chi connectivity index (χ0n) is 10.6. The van der Waals surface area contributed by atoms with Gasteiger partial charge in [-0.1, -0.05) is 0 Å². The van der Waals surface area contributed by atoms with Gasteiger partial charge in [0.25, 0.3) is 0 Å². The van der Waals surface area contributed by atoms with Gasteiger partial charge in [-0.3, -0.25) is 4.79 Å². The van der Waals surface area contributed by atoms with Crippen LogP contribution >= 0.6 is 0 Å². The van der Waals surface area contributed by atoms with Crippen LogP contribution in [0.4, 0.5) is 0 Å². The maximum absolute atomic E-state index is 11.6. The van der Waals surface area contributed by atoms with Crippen molar-refractivity contribution in [3.63, 3.8) is 0 Å². The van der Waals surface area contributed by atoms with Crippen LogP contribution < -0.4 is 5.32 Å². The average molecular weight is 245 g/mol. The summed E-state index contributed by atoms with van der Waals surface area (Å²) in [5, 5.41) is 3.23. The summed E-state index contributed by atoms with van der Waals surface area (Å²) in [5.74, 6) is 0.0362. The largest absolute Gasteiger partial charge is 0.465 e. The minimum absolute atomic E-state index is 0.0524.